The van der Waals surface area contributed by atoms with E-state index < -0.39 is 0 Å². The second-order valence-electron chi connectivity index (χ2n) is 5.18. The third-order valence-corrected chi connectivity index (χ3v) is 4.16. The second-order valence-corrected chi connectivity index (χ2v) is 6.48. The van der Waals surface area contributed by atoms with E-state index >= 15 is 0 Å². The first kappa shape index (κ1) is 18.4. The molecule has 0 spiro atoms. The minimum Gasteiger partial charge on any atom is -0.494 e. The molecule has 1 aromatic heterocycles. The number of rotatable bonds is 8. The lowest BCUT2D eigenvalue weighted by molar-refractivity contribution is 0.0977. The van der Waals surface area contributed by atoms with Crippen molar-refractivity contribution >= 4 is 39.7 Å². The molecule has 1 aromatic carbocycles. The smallest absolute Gasteiger partial charge is 0.257 e. The summed E-state index contributed by atoms with van der Waals surface area (Å²) in [6.07, 6.45) is 6.34. The van der Waals surface area contributed by atoms with Gasteiger partial charge in [0.2, 0.25) is 0 Å². The molecule has 2 aromatic rings. The summed E-state index contributed by atoms with van der Waals surface area (Å²) in [7, 11) is 0. The molecule has 0 fully saturated rings. The Morgan fingerprint density at radius 3 is 2.71 bits per heavy atom. The number of hydrogen-bond acceptors (Lipinski definition) is 5. The third kappa shape index (κ3) is 6.25. The molecule has 2 rings (SSSR count). The van der Waals surface area contributed by atoms with Crippen molar-refractivity contribution in [3.05, 3.63) is 41.4 Å². The summed E-state index contributed by atoms with van der Waals surface area (Å²) in [5.41, 5.74) is 0.525. The van der Waals surface area contributed by atoms with Crippen molar-refractivity contribution in [3.8, 4) is 5.75 Å². The number of nitrogens with zero attached hydrogens (tertiary/aromatic N) is 1. The summed E-state index contributed by atoms with van der Waals surface area (Å²) in [5.74, 6) is 0.505. The Hall–Kier alpha value is -1.99. The Kier molecular flexibility index (Phi) is 7.64. The summed E-state index contributed by atoms with van der Waals surface area (Å²) < 4.78 is 5.66. The zero-order valence-electron chi connectivity index (χ0n) is 13.6. The number of ether oxygens (including phenoxy) is 1. The van der Waals surface area contributed by atoms with Gasteiger partial charge in [0.25, 0.3) is 5.91 Å². The van der Waals surface area contributed by atoms with Gasteiger partial charge in [-0.05, 0) is 42.9 Å². The molecule has 24 heavy (non-hydrogen) atoms. The monoisotopic (exact) mass is 363 g/mol. The first-order valence-corrected chi connectivity index (χ1v) is 9.22. The number of unbranched alkanes of at least 4 members (excludes halogenated alkanes) is 3. The highest BCUT2D eigenvalue weighted by atomic mass is 32.1. The first-order valence-electron chi connectivity index (χ1n) is 7.93. The molecular weight excluding hydrogens is 342 g/mol. The van der Waals surface area contributed by atoms with Crippen molar-refractivity contribution in [2.24, 2.45) is 0 Å². The van der Waals surface area contributed by atoms with Gasteiger partial charge < -0.3 is 10.1 Å². The number of benzene rings is 1. The number of hydrogen-bond donors (Lipinski definition) is 2. The molecule has 0 bridgehead atoms. The van der Waals surface area contributed by atoms with Gasteiger partial charge in [0, 0.05) is 17.1 Å². The average molecular weight is 364 g/mol. The Labute approximate surface area is 151 Å². The summed E-state index contributed by atoms with van der Waals surface area (Å²) >= 11 is 6.51. The maximum atomic E-state index is 12.1. The van der Waals surface area contributed by atoms with Crippen LogP contribution in [0.1, 0.15) is 43.0 Å². The second kappa shape index (κ2) is 10.00. The molecule has 5 nitrogen and oxygen atoms in total. The van der Waals surface area contributed by atoms with E-state index in [1.807, 2.05) is 5.38 Å². The molecule has 1 heterocycles. The molecule has 0 aliphatic rings. The topological polar surface area (TPSA) is 63.2 Å². The molecule has 0 saturated heterocycles. The van der Waals surface area contributed by atoms with Crippen molar-refractivity contribution in [1.29, 1.82) is 0 Å². The van der Waals surface area contributed by atoms with Crippen LogP contribution in [0.2, 0.25) is 0 Å². The lowest BCUT2D eigenvalue weighted by atomic mass is 10.2. The maximum absolute atomic E-state index is 12.1. The Bertz CT molecular complexity index is 642. The molecule has 0 saturated carbocycles. The van der Waals surface area contributed by atoms with Crippen LogP contribution in [0, 0.1) is 0 Å². The zero-order chi connectivity index (χ0) is 17.2. The molecule has 128 valence electrons. The van der Waals surface area contributed by atoms with Crippen LogP contribution in [0.25, 0.3) is 0 Å². The fraction of sp³-hybridized carbons (Fsp3) is 0.353. The van der Waals surface area contributed by atoms with E-state index in [1.54, 1.807) is 30.5 Å². The normalized spacial score (nSPS) is 10.2. The van der Waals surface area contributed by atoms with Crippen LogP contribution in [-0.2, 0) is 0 Å². The van der Waals surface area contributed by atoms with Crippen LogP contribution in [0.5, 0.6) is 5.75 Å². The van der Waals surface area contributed by atoms with Crippen LogP contribution in [0.3, 0.4) is 0 Å². The van der Waals surface area contributed by atoms with Gasteiger partial charge in [-0.3, -0.25) is 10.1 Å². The van der Waals surface area contributed by atoms with Crippen LogP contribution >= 0.6 is 23.6 Å². The SMILES string of the molecule is CCCCCCOc1ccc(C(=O)NC(=S)Nc2nccs2)cc1. The van der Waals surface area contributed by atoms with Crippen LogP contribution < -0.4 is 15.4 Å². The van der Waals surface area contributed by atoms with Gasteiger partial charge in [-0.1, -0.05) is 26.2 Å². The lowest BCUT2D eigenvalue weighted by Crippen LogP contribution is -2.34. The minimum absolute atomic E-state index is 0.228. The van der Waals surface area contributed by atoms with Gasteiger partial charge in [0.05, 0.1) is 6.61 Å². The van der Waals surface area contributed by atoms with Gasteiger partial charge in [-0.25, -0.2) is 4.98 Å². The number of nitrogens with one attached hydrogen (secondary N) is 2. The highest BCUT2D eigenvalue weighted by Gasteiger charge is 2.09. The van der Waals surface area contributed by atoms with Crippen molar-refractivity contribution in [1.82, 2.24) is 10.3 Å². The summed E-state index contributed by atoms with van der Waals surface area (Å²) in [6, 6.07) is 7.05. The van der Waals surface area contributed by atoms with Gasteiger partial charge in [-0.2, -0.15) is 0 Å². The molecular formula is C17H21N3O2S2. The Morgan fingerprint density at radius 2 is 2.04 bits per heavy atom. The van der Waals surface area contributed by atoms with Gasteiger partial charge in [0.1, 0.15) is 5.75 Å². The molecule has 1 amide bonds. The molecule has 0 atom stereocenters. The van der Waals surface area contributed by atoms with E-state index in [0.717, 1.165) is 12.2 Å². The fourth-order valence-corrected chi connectivity index (χ4v) is 2.80. The van der Waals surface area contributed by atoms with Gasteiger partial charge >= 0.3 is 0 Å². The van der Waals surface area contributed by atoms with E-state index in [1.165, 1.54) is 30.6 Å². The molecule has 0 radical (unpaired) electrons. The zero-order valence-corrected chi connectivity index (χ0v) is 15.2. The number of anilines is 1. The number of carbonyl (C=O) groups is 1. The predicted molar refractivity (Wildman–Crippen MR) is 102 cm³/mol. The molecule has 2 N–H and O–H groups in total. The van der Waals surface area contributed by atoms with Crippen LogP contribution in [0.4, 0.5) is 5.13 Å². The number of thiazole rings is 1. The number of aromatic nitrogens is 1. The Morgan fingerprint density at radius 1 is 1.25 bits per heavy atom. The highest BCUT2D eigenvalue weighted by Crippen LogP contribution is 2.14. The third-order valence-electron chi connectivity index (χ3n) is 3.26. The minimum atomic E-state index is -0.265. The van der Waals surface area contributed by atoms with E-state index in [-0.39, 0.29) is 11.0 Å². The molecule has 0 aliphatic heterocycles. The number of carbonyl (C=O) groups excluding carboxylic acids is 1. The highest BCUT2D eigenvalue weighted by molar-refractivity contribution is 7.80. The van der Waals surface area contributed by atoms with E-state index in [9.17, 15) is 4.79 Å². The first-order chi connectivity index (χ1) is 11.7. The predicted octanol–water partition coefficient (Wildman–Crippen LogP) is 4.23. The lowest BCUT2D eigenvalue weighted by Gasteiger charge is -2.09. The van der Waals surface area contributed by atoms with Crippen molar-refractivity contribution in [2.75, 3.05) is 11.9 Å². The van der Waals surface area contributed by atoms with Gasteiger partial charge in [-0.15, -0.1) is 11.3 Å². The molecule has 0 aliphatic carbocycles. The van der Waals surface area contributed by atoms with E-state index in [2.05, 4.69) is 22.5 Å². The van der Waals surface area contributed by atoms with Crippen LogP contribution in [0.15, 0.2) is 35.8 Å². The van der Waals surface area contributed by atoms with Gasteiger partial charge in [0.15, 0.2) is 10.2 Å². The molecule has 7 heteroatoms. The largest absolute Gasteiger partial charge is 0.494 e. The van der Waals surface area contributed by atoms with Crippen molar-refractivity contribution in [3.63, 3.8) is 0 Å². The maximum Gasteiger partial charge on any atom is 0.257 e. The quantitative estimate of drug-likeness (QED) is 0.543. The van der Waals surface area contributed by atoms with Crippen LogP contribution in [-0.4, -0.2) is 22.6 Å². The van der Waals surface area contributed by atoms with Crippen molar-refractivity contribution < 1.29 is 9.53 Å². The number of thiocarbonyl (C=S) groups is 1. The van der Waals surface area contributed by atoms with Crippen molar-refractivity contribution in [2.45, 2.75) is 32.6 Å². The Balaban J connectivity index is 1.77. The summed E-state index contributed by atoms with van der Waals surface area (Å²) in [4.78, 5) is 16.2. The summed E-state index contributed by atoms with van der Waals surface area (Å²) in [5, 5.41) is 8.19. The van der Waals surface area contributed by atoms with E-state index in [4.69, 9.17) is 17.0 Å². The van der Waals surface area contributed by atoms with E-state index in [0.29, 0.717) is 17.3 Å². The summed E-state index contributed by atoms with van der Waals surface area (Å²) in [6.45, 7) is 2.89. The standard InChI is InChI=1S/C17H21N3O2S2/c1-2-3-4-5-11-22-14-8-6-13(7-9-14)15(21)19-16(23)20-17-18-10-12-24-17/h6-10,12H,2-5,11H2,1H3,(H2,18,19,20,21,23). The average Bonchev–Trinajstić information content (AvgIpc) is 3.08. The fourth-order valence-electron chi connectivity index (χ4n) is 2.01. The molecule has 0 unspecified atom stereocenters. The number of amides is 1.